The SMILES string of the molecule is CN1C(c2ccccc2)=NC(c2cccc3c4c(oc23)CCC=C4n2c3ccccc3c3ccccc32)=NC1c1cccc(-c2c(O)c(O)c(O)c(O)c2O)c1. The Labute approximate surface area is 320 Å². The summed E-state index contributed by atoms with van der Waals surface area (Å²) in [5.74, 6) is -2.43. The number of rotatable bonds is 5. The molecule has 0 amide bonds. The fourth-order valence-corrected chi connectivity index (χ4v) is 8.25. The van der Waals surface area contributed by atoms with E-state index in [1.807, 2.05) is 60.5 Å². The van der Waals surface area contributed by atoms with Gasteiger partial charge in [-0.05, 0) is 41.8 Å². The van der Waals surface area contributed by atoms with Crippen LogP contribution in [0.3, 0.4) is 0 Å². The van der Waals surface area contributed by atoms with Gasteiger partial charge in [0.05, 0.1) is 27.9 Å². The molecule has 5 N–H and O–H groups in total. The fourth-order valence-electron chi connectivity index (χ4n) is 8.25. The Balaban J connectivity index is 1.15. The van der Waals surface area contributed by atoms with Crippen LogP contribution in [0.4, 0.5) is 0 Å². The maximum Gasteiger partial charge on any atom is 0.208 e. The van der Waals surface area contributed by atoms with Gasteiger partial charge in [0.15, 0.2) is 23.5 Å². The van der Waals surface area contributed by atoms with Crippen molar-refractivity contribution < 1.29 is 29.9 Å². The number of aliphatic imine (C=N–C) groups is 2. The van der Waals surface area contributed by atoms with Crippen LogP contribution in [0, 0.1) is 0 Å². The van der Waals surface area contributed by atoms with E-state index in [1.54, 1.807) is 18.2 Å². The van der Waals surface area contributed by atoms with Crippen LogP contribution in [0.2, 0.25) is 0 Å². The molecule has 10 heteroatoms. The fraction of sp³-hybridized carbons (Fsp3) is 0.0870. The van der Waals surface area contributed by atoms with Crippen LogP contribution in [0.25, 0.3) is 49.6 Å². The first-order valence-electron chi connectivity index (χ1n) is 18.3. The minimum absolute atomic E-state index is 0.239. The van der Waals surface area contributed by atoms with Crippen molar-refractivity contribution in [1.29, 1.82) is 0 Å². The molecule has 0 spiro atoms. The number of phenolic OH excluding ortho intramolecular Hbond substituents is 5. The zero-order chi connectivity index (χ0) is 38.2. The van der Waals surface area contributed by atoms with Crippen molar-refractivity contribution in [2.24, 2.45) is 9.98 Å². The smallest absolute Gasteiger partial charge is 0.208 e. The molecule has 10 rings (SSSR count). The van der Waals surface area contributed by atoms with Gasteiger partial charge in [-0.1, -0.05) is 103 Å². The van der Waals surface area contributed by atoms with E-state index in [4.69, 9.17) is 14.4 Å². The molecule has 2 aromatic heterocycles. The van der Waals surface area contributed by atoms with E-state index >= 15 is 0 Å². The minimum Gasteiger partial charge on any atom is -0.504 e. The van der Waals surface area contributed by atoms with Crippen molar-refractivity contribution in [2.75, 3.05) is 7.05 Å². The number of para-hydroxylation sites is 3. The lowest BCUT2D eigenvalue weighted by atomic mass is 9.97. The number of aryl methyl sites for hydroxylation is 1. The average Bonchev–Trinajstić information content (AvgIpc) is 3.79. The lowest BCUT2D eigenvalue weighted by molar-refractivity contribution is 0.330. The summed E-state index contributed by atoms with van der Waals surface area (Å²) in [7, 11) is 1.89. The van der Waals surface area contributed by atoms with Crippen LogP contribution in [0.1, 0.15) is 40.6 Å². The highest BCUT2D eigenvalue weighted by Gasteiger charge is 2.31. The monoisotopic (exact) mass is 738 g/mol. The van der Waals surface area contributed by atoms with Gasteiger partial charge in [-0.3, -0.25) is 0 Å². The van der Waals surface area contributed by atoms with Gasteiger partial charge in [-0.25, -0.2) is 9.98 Å². The Bertz CT molecular complexity index is 2930. The molecule has 0 bridgehead atoms. The predicted octanol–water partition coefficient (Wildman–Crippen LogP) is 9.41. The Morgan fingerprint density at radius 1 is 0.625 bits per heavy atom. The van der Waals surface area contributed by atoms with Crippen molar-refractivity contribution >= 4 is 50.1 Å². The van der Waals surface area contributed by atoms with Crippen LogP contribution in [-0.4, -0.2) is 53.7 Å². The molecule has 6 aromatic carbocycles. The van der Waals surface area contributed by atoms with Crippen molar-refractivity contribution in [3.63, 3.8) is 0 Å². The Hall–Kier alpha value is -7.46. The molecule has 10 nitrogen and oxygen atoms in total. The number of hydrogen-bond acceptors (Lipinski definition) is 9. The van der Waals surface area contributed by atoms with Crippen LogP contribution in [-0.2, 0) is 6.42 Å². The van der Waals surface area contributed by atoms with E-state index in [-0.39, 0.29) is 11.1 Å². The number of fused-ring (bicyclic) bond motifs is 6. The first kappa shape index (κ1) is 33.1. The van der Waals surface area contributed by atoms with Gasteiger partial charge in [-0.15, -0.1) is 0 Å². The summed E-state index contributed by atoms with van der Waals surface area (Å²) in [5.41, 5.74) is 7.36. The third-order valence-corrected chi connectivity index (χ3v) is 10.8. The maximum atomic E-state index is 10.8. The molecule has 0 radical (unpaired) electrons. The number of benzene rings is 6. The summed E-state index contributed by atoms with van der Waals surface area (Å²) in [4.78, 5) is 12.3. The van der Waals surface area contributed by atoms with E-state index < -0.39 is 34.9 Å². The molecule has 1 aliphatic heterocycles. The predicted molar refractivity (Wildman–Crippen MR) is 218 cm³/mol. The van der Waals surface area contributed by atoms with Crippen molar-refractivity contribution in [3.05, 3.63) is 155 Å². The molecule has 0 saturated heterocycles. The second kappa shape index (κ2) is 12.6. The van der Waals surface area contributed by atoms with Gasteiger partial charge in [0.25, 0.3) is 0 Å². The van der Waals surface area contributed by atoms with Crippen LogP contribution in [0.15, 0.2) is 142 Å². The molecule has 0 fully saturated rings. The zero-order valence-electron chi connectivity index (χ0n) is 30.0. The highest BCUT2D eigenvalue weighted by Crippen LogP contribution is 2.55. The number of aromatic nitrogens is 1. The second-order valence-corrected chi connectivity index (χ2v) is 14.1. The summed E-state index contributed by atoms with van der Waals surface area (Å²) in [6, 6.07) is 39.8. The summed E-state index contributed by atoms with van der Waals surface area (Å²) >= 11 is 0. The Morgan fingerprint density at radius 2 is 1.23 bits per heavy atom. The lowest BCUT2D eigenvalue weighted by Gasteiger charge is -2.32. The number of amidine groups is 2. The molecule has 3 heterocycles. The first-order valence-corrected chi connectivity index (χ1v) is 18.3. The standard InChI is InChI=1S/C46H34N4O6/c1-49-45(25-12-3-2-4-13-25)47-44(48-46(49)27-15-9-14-26(24-27)36-38(51)40(53)42(55)41(54)39(36)52)31-19-10-18-30-37-34(22-11-23-35(37)56-43(30)31)50-32-20-7-5-16-28(32)29-17-6-8-21-33(29)50/h2-10,12-22,24,46,51-55H,11,23H2,1H3. The molecule has 0 saturated carbocycles. The quantitative estimate of drug-likeness (QED) is 0.0873. The molecule has 2 aliphatic rings. The Kier molecular flexibility index (Phi) is 7.43. The van der Waals surface area contributed by atoms with Crippen molar-refractivity contribution in [1.82, 2.24) is 9.47 Å². The number of hydrogen-bond donors (Lipinski definition) is 5. The molecular formula is C46H34N4O6. The largest absolute Gasteiger partial charge is 0.504 e. The van der Waals surface area contributed by atoms with Crippen LogP contribution >= 0.6 is 0 Å². The second-order valence-electron chi connectivity index (χ2n) is 14.1. The van der Waals surface area contributed by atoms with E-state index in [1.165, 1.54) is 10.8 Å². The van der Waals surface area contributed by atoms with E-state index in [0.29, 0.717) is 22.8 Å². The number of furan rings is 1. The normalized spacial score (nSPS) is 15.6. The first-order chi connectivity index (χ1) is 27.3. The van der Waals surface area contributed by atoms with E-state index in [2.05, 4.69) is 65.2 Å². The van der Waals surface area contributed by atoms with Crippen LogP contribution in [0.5, 0.6) is 28.7 Å². The molecular weight excluding hydrogens is 705 g/mol. The van der Waals surface area contributed by atoms with E-state index in [0.717, 1.165) is 57.4 Å². The topological polar surface area (TPSA) is 147 Å². The average molecular weight is 739 g/mol. The number of nitrogens with zero attached hydrogens (tertiary/aromatic N) is 4. The Morgan fingerprint density at radius 3 is 1.95 bits per heavy atom. The molecule has 274 valence electrons. The molecule has 1 unspecified atom stereocenters. The summed E-state index contributed by atoms with van der Waals surface area (Å²) in [5, 5.41) is 55.5. The third-order valence-electron chi connectivity index (χ3n) is 10.8. The van der Waals surface area contributed by atoms with Gasteiger partial charge in [0.1, 0.15) is 17.2 Å². The molecule has 1 atom stereocenters. The van der Waals surface area contributed by atoms with Crippen LogP contribution < -0.4 is 0 Å². The zero-order valence-corrected chi connectivity index (χ0v) is 30.0. The third kappa shape index (κ3) is 4.89. The summed E-state index contributed by atoms with van der Waals surface area (Å²) < 4.78 is 9.17. The highest BCUT2D eigenvalue weighted by molar-refractivity contribution is 6.18. The van der Waals surface area contributed by atoms with Crippen molar-refractivity contribution in [2.45, 2.75) is 19.0 Å². The minimum atomic E-state index is -1.02. The van der Waals surface area contributed by atoms with Gasteiger partial charge in [0.2, 0.25) is 17.2 Å². The molecule has 8 aromatic rings. The van der Waals surface area contributed by atoms with E-state index in [9.17, 15) is 25.5 Å². The van der Waals surface area contributed by atoms with Gasteiger partial charge < -0.3 is 39.4 Å². The summed E-state index contributed by atoms with van der Waals surface area (Å²) in [6.07, 6.45) is 3.22. The number of phenols is 5. The summed E-state index contributed by atoms with van der Waals surface area (Å²) in [6.45, 7) is 0. The number of allylic oxidation sites excluding steroid dienone is 1. The molecule has 56 heavy (non-hydrogen) atoms. The van der Waals surface area contributed by atoms with Gasteiger partial charge in [0, 0.05) is 40.8 Å². The highest BCUT2D eigenvalue weighted by atomic mass is 16.4. The van der Waals surface area contributed by atoms with Gasteiger partial charge in [-0.2, -0.15) is 0 Å². The lowest BCUT2D eigenvalue weighted by Crippen LogP contribution is -2.35. The van der Waals surface area contributed by atoms with Crippen molar-refractivity contribution in [3.8, 4) is 39.9 Å². The maximum absolute atomic E-state index is 10.8. The van der Waals surface area contributed by atoms with Gasteiger partial charge >= 0.3 is 0 Å². The number of aromatic hydroxyl groups is 5. The molecule has 1 aliphatic carbocycles.